The van der Waals surface area contributed by atoms with E-state index in [1.165, 1.54) is 35.2 Å². The Morgan fingerprint density at radius 3 is 2.02 bits per heavy atom. The maximum Gasteiger partial charge on any atom is 0.264 e. The number of hydrogen-bond acceptors (Lipinski definition) is 4. The topological polar surface area (TPSA) is 86.8 Å². The van der Waals surface area contributed by atoms with E-state index in [9.17, 15) is 18.0 Å². The van der Waals surface area contributed by atoms with E-state index in [2.05, 4.69) is 5.32 Å². The lowest BCUT2D eigenvalue weighted by Gasteiger charge is -2.34. The Hall–Kier alpha value is -3.27. The van der Waals surface area contributed by atoms with Crippen LogP contribution in [0.1, 0.15) is 31.4 Å². The maximum atomic E-state index is 14.6. The monoisotopic (exact) mass is 719 g/mol. The summed E-state index contributed by atoms with van der Waals surface area (Å²) in [6.07, 6.45) is 0.796. The van der Waals surface area contributed by atoms with Crippen molar-refractivity contribution in [2.24, 2.45) is 0 Å². The lowest BCUT2D eigenvalue weighted by atomic mass is 10.0. The molecule has 0 aromatic heterocycles. The Kier molecular flexibility index (Phi) is 12.4. The van der Waals surface area contributed by atoms with Crippen LogP contribution in [0.25, 0.3) is 0 Å². The second-order valence-electron chi connectivity index (χ2n) is 10.7. The van der Waals surface area contributed by atoms with E-state index >= 15 is 0 Å². The highest BCUT2D eigenvalue weighted by Crippen LogP contribution is 2.34. The fraction of sp³-hybridized carbons (Fsp3) is 0.235. The number of nitrogens with zero attached hydrogens (tertiary/aromatic N) is 2. The molecule has 0 fully saturated rings. The molecule has 12 heteroatoms. The Balaban J connectivity index is 1.87. The number of nitrogens with one attached hydrogen (secondary N) is 1. The van der Waals surface area contributed by atoms with Gasteiger partial charge in [-0.2, -0.15) is 0 Å². The van der Waals surface area contributed by atoms with E-state index in [0.29, 0.717) is 12.0 Å². The van der Waals surface area contributed by atoms with Crippen molar-refractivity contribution in [3.8, 4) is 0 Å². The molecule has 4 aromatic carbocycles. The van der Waals surface area contributed by atoms with Gasteiger partial charge in [-0.25, -0.2) is 8.42 Å². The van der Waals surface area contributed by atoms with Gasteiger partial charge in [-0.3, -0.25) is 13.9 Å². The summed E-state index contributed by atoms with van der Waals surface area (Å²) in [7, 11) is -4.35. The molecule has 0 bridgehead atoms. The number of sulfonamides is 1. The number of carbonyl (C=O) groups excluding carboxylic acids is 2. The second kappa shape index (κ2) is 16.0. The maximum absolute atomic E-state index is 14.6. The third-order valence-electron chi connectivity index (χ3n) is 7.45. The predicted octanol–water partition coefficient (Wildman–Crippen LogP) is 8.05. The molecule has 46 heavy (non-hydrogen) atoms. The van der Waals surface area contributed by atoms with Gasteiger partial charge in [0.25, 0.3) is 10.0 Å². The number of benzene rings is 4. The van der Waals surface area contributed by atoms with Gasteiger partial charge in [0.05, 0.1) is 15.6 Å². The fourth-order valence-corrected chi connectivity index (χ4v) is 7.16. The van der Waals surface area contributed by atoms with Crippen LogP contribution in [0.5, 0.6) is 0 Å². The van der Waals surface area contributed by atoms with Crippen LogP contribution in [0.2, 0.25) is 20.1 Å². The normalized spacial score (nSPS) is 12.7. The molecule has 0 aliphatic carbocycles. The van der Waals surface area contributed by atoms with E-state index in [4.69, 9.17) is 46.4 Å². The number of amides is 2. The van der Waals surface area contributed by atoms with Crippen molar-refractivity contribution in [2.45, 2.75) is 50.2 Å². The van der Waals surface area contributed by atoms with Crippen LogP contribution < -0.4 is 9.62 Å². The van der Waals surface area contributed by atoms with Crippen molar-refractivity contribution in [3.63, 3.8) is 0 Å². The van der Waals surface area contributed by atoms with E-state index in [1.807, 2.05) is 44.2 Å². The molecule has 4 aromatic rings. The number of anilines is 1. The van der Waals surface area contributed by atoms with Crippen molar-refractivity contribution in [2.75, 3.05) is 10.8 Å². The van der Waals surface area contributed by atoms with Crippen molar-refractivity contribution >= 4 is 73.9 Å². The lowest BCUT2D eigenvalue weighted by molar-refractivity contribution is -0.140. The molecule has 0 saturated carbocycles. The molecule has 242 valence electrons. The summed E-state index contributed by atoms with van der Waals surface area (Å²) in [6.45, 7) is 2.92. The van der Waals surface area contributed by atoms with Crippen molar-refractivity contribution in [1.29, 1.82) is 0 Å². The summed E-state index contributed by atoms with van der Waals surface area (Å²) >= 11 is 25.9. The molecule has 0 aliphatic rings. The van der Waals surface area contributed by atoms with E-state index in [-0.39, 0.29) is 49.7 Å². The number of hydrogen-bond donors (Lipinski definition) is 1. The standard InChI is InChI=1S/C34H33Cl4N3O4S/c1-3-23(2)39-34(43)32(19-24-11-6-4-7-12-24)40(21-27-28(36)15-10-16-29(27)37)33(42)22-41(31-20-25(35)17-18-30(31)38)46(44,45)26-13-8-5-9-14-26/h4-18,20,23,32H,3,19,21-22H2,1-2H3,(H,39,43)/t23-,32-/m0/s1. The summed E-state index contributed by atoms with van der Waals surface area (Å²) in [5, 5.41) is 3.85. The molecule has 0 saturated heterocycles. The zero-order chi connectivity index (χ0) is 33.4. The SMILES string of the molecule is CC[C@H](C)NC(=O)[C@H](Cc1ccccc1)N(Cc1c(Cl)cccc1Cl)C(=O)CN(c1cc(Cl)ccc1Cl)S(=O)(=O)c1ccccc1. The zero-order valence-corrected chi connectivity index (χ0v) is 29.0. The Morgan fingerprint density at radius 1 is 0.804 bits per heavy atom. The number of rotatable bonds is 13. The van der Waals surface area contributed by atoms with Gasteiger partial charge in [0.1, 0.15) is 12.6 Å². The first-order chi connectivity index (χ1) is 21.9. The van der Waals surface area contributed by atoms with Crippen LogP contribution in [0.3, 0.4) is 0 Å². The third kappa shape index (κ3) is 8.75. The first-order valence-electron chi connectivity index (χ1n) is 14.5. The predicted molar refractivity (Wildman–Crippen MR) is 186 cm³/mol. The first-order valence-corrected chi connectivity index (χ1v) is 17.5. The van der Waals surface area contributed by atoms with Gasteiger partial charge in [-0.05, 0) is 61.4 Å². The van der Waals surface area contributed by atoms with Crippen LogP contribution in [0, 0.1) is 0 Å². The molecule has 0 radical (unpaired) electrons. The average molecular weight is 722 g/mol. The van der Waals surface area contributed by atoms with Gasteiger partial charge in [0.15, 0.2) is 0 Å². The van der Waals surface area contributed by atoms with Gasteiger partial charge in [0, 0.05) is 39.6 Å². The zero-order valence-electron chi connectivity index (χ0n) is 25.2. The summed E-state index contributed by atoms with van der Waals surface area (Å²) < 4.78 is 29.2. The van der Waals surface area contributed by atoms with Crippen molar-refractivity contribution < 1.29 is 18.0 Å². The largest absolute Gasteiger partial charge is 0.352 e. The van der Waals surface area contributed by atoms with E-state index < -0.39 is 34.4 Å². The summed E-state index contributed by atoms with van der Waals surface area (Å²) in [6, 6.07) is 25.0. The van der Waals surface area contributed by atoms with Gasteiger partial charge < -0.3 is 10.2 Å². The minimum atomic E-state index is -4.35. The van der Waals surface area contributed by atoms with Gasteiger partial charge >= 0.3 is 0 Å². The molecule has 2 atom stereocenters. The third-order valence-corrected chi connectivity index (χ3v) is 10.5. The minimum Gasteiger partial charge on any atom is -0.352 e. The van der Waals surface area contributed by atoms with Crippen LogP contribution in [0.15, 0.2) is 102 Å². The highest BCUT2D eigenvalue weighted by atomic mass is 35.5. The smallest absolute Gasteiger partial charge is 0.264 e. The molecule has 0 spiro atoms. The molecule has 7 nitrogen and oxygen atoms in total. The number of halogens is 4. The molecule has 2 amide bonds. The van der Waals surface area contributed by atoms with Crippen LogP contribution in [-0.4, -0.2) is 43.8 Å². The van der Waals surface area contributed by atoms with Gasteiger partial charge in [-0.15, -0.1) is 0 Å². The van der Waals surface area contributed by atoms with Gasteiger partial charge in [0.2, 0.25) is 11.8 Å². The van der Waals surface area contributed by atoms with Crippen LogP contribution in [0.4, 0.5) is 5.69 Å². The molecular weight excluding hydrogens is 688 g/mol. The van der Waals surface area contributed by atoms with E-state index in [1.54, 1.807) is 36.4 Å². The summed E-state index contributed by atoms with van der Waals surface area (Å²) in [5.74, 6) is -1.10. The molecule has 0 heterocycles. The van der Waals surface area contributed by atoms with Gasteiger partial charge in [-0.1, -0.05) is 108 Å². The molecule has 1 N–H and O–H groups in total. The van der Waals surface area contributed by atoms with Crippen LogP contribution in [-0.2, 0) is 32.6 Å². The lowest BCUT2D eigenvalue weighted by Crippen LogP contribution is -2.54. The summed E-state index contributed by atoms with van der Waals surface area (Å²) in [5.41, 5.74) is 1.21. The summed E-state index contributed by atoms with van der Waals surface area (Å²) in [4.78, 5) is 29.8. The van der Waals surface area contributed by atoms with Crippen molar-refractivity contribution in [3.05, 3.63) is 128 Å². The first kappa shape index (κ1) is 35.6. The second-order valence-corrected chi connectivity index (χ2v) is 14.2. The highest BCUT2D eigenvalue weighted by molar-refractivity contribution is 7.92. The number of carbonyl (C=O) groups is 2. The molecular formula is C34H33Cl4N3O4S. The Morgan fingerprint density at radius 2 is 1.41 bits per heavy atom. The average Bonchev–Trinajstić information content (AvgIpc) is 3.04. The Bertz CT molecular complexity index is 1760. The Labute approximate surface area is 290 Å². The van der Waals surface area contributed by atoms with Crippen molar-refractivity contribution in [1.82, 2.24) is 10.2 Å². The molecule has 0 aliphatic heterocycles. The van der Waals surface area contributed by atoms with E-state index in [0.717, 1.165) is 9.87 Å². The van der Waals surface area contributed by atoms with Crippen LogP contribution >= 0.6 is 46.4 Å². The fourth-order valence-electron chi connectivity index (χ4n) is 4.76. The quantitative estimate of drug-likeness (QED) is 0.152. The molecule has 0 unspecified atom stereocenters. The molecule has 4 rings (SSSR count). The minimum absolute atomic E-state index is 0.00533. The highest BCUT2D eigenvalue weighted by Gasteiger charge is 2.36.